The number of imidazole rings is 1. The van der Waals surface area contributed by atoms with E-state index in [9.17, 15) is 5.11 Å². The van der Waals surface area contributed by atoms with E-state index in [1.807, 2.05) is 0 Å². The summed E-state index contributed by atoms with van der Waals surface area (Å²) in [5.41, 5.74) is 1.35. The van der Waals surface area contributed by atoms with E-state index in [4.69, 9.17) is 16.3 Å². The van der Waals surface area contributed by atoms with Crippen molar-refractivity contribution in [1.29, 1.82) is 0 Å². The van der Waals surface area contributed by atoms with Crippen molar-refractivity contribution >= 4 is 28.6 Å². The number of rotatable bonds is 3. The number of morpholine rings is 1. The van der Waals surface area contributed by atoms with Gasteiger partial charge in [0.2, 0.25) is 5.28 Å². The molecule has 1 aliphatic rings. The van der Waals surface area contributed by atoms with Gasteiger partial charge >= 0.3 is 0 Å². The van der Waals surface area contributed by atoms with Crippen molar-refractivity contribution in [2.75, 3.05) is 31.2 Å². The van der Waals surface area contributed by atoms with E-state index in [0.29, 0.717) is 30.9 Å². The third-order valence-corrected chi connectivity index (χ3v) is 3.36. The molecule has 1 N–H and O–H groups in total. The van der Waals surface area contributed by atoms with Gasteiger partial charge in [-0.25, -0.2) is 4.98 Å². The first-order valence-corrected chi connectivity index (χ1v) is 6.92. The smallest absolute Gasteiger partial charge is 0.226 e. The number of halogens is 1. The van der Waals surface area contributed by atoms with Crippen molar-refractivity contribution in [2.45, 2.75) is 19.6 Å². The third kappa shape index (κ3) is 2.56. The summed E-state index contributed by atoms with van der Waals surface area (Å²) in [6, 6.07) is 0. The lowest BCUT2D eigenvalue weighted by Crippen LogP contribution is -2.37. The number of hydrogen-bond acceptors (Lipinski definition) is 6. The van der Waals surface area contributed by atoms with Gasteiger partial charge in [-0.05, 0) is 18.5 Å². The molecule has 0 aliphatic carbocycles. The second-order valence-electron chi connectivity index (χ2n) is 4.83. The highest BCUT2D eigenvalue weighted by Crippen LogP contribution is 2.25. The van der Waals surface area contributed by atoms with Gasteiger partial charge < -0.3 is 19.3 Å². The fourth-order valence-electron chi connectivity index (χ4n) is 2.32. The molecule has 0 saturated carbocycles. The van der Waals surface area contributed by atoms with Crippen LogP contribution in [0.3, 0.4) is 0 Å². The minimum absolute atomic E-state index is 0.186. The number of anilines is 1. The Balaban J connectivity index is 2.05. The first-order valence-electron chi connectivity index (χ1n) is 6.54. The highest BCUT2D eigenvalue weighted by Gasteiger charge is 2.20. The number of nitrogens with zero attached hydrogens (tertiary/aromatic N) is 5. The Kier molecular flexibility index (Phi) is 3.73. The lowest BCUT2D eigenvalue weighted by molar-refractivity contribution is 0.122. The molecule has 0 unspecified atom stereocenters. The zero-order chi connectivity index (χ0) is 14.1. The number of hydrogen-bond donors (Lipinski definition) is 1. The van der Waals surface area contributed by atoms with E-state index in [1.54, 1.807) is 17.8 Å². The van der Waals surface area contributed by atoms with Crippen molar-refractivity contribution in [3.05, 3.63) is 11.6 Å². The number of aliphatic hydroxyl groups excluding tert-OH is 1. The highest BCUT2D eigenvalue weighted by atomic mass is 35.5. The van der Waals surface area contributed by atoms with E-state index in [2.05, 4.69) is 19.9 Å². The molecule has 20 heavy (non-hydrogen) atoms. The van der Waals surface area contributed by atoms with Crippen LogP contribution in [-0.4, -0.2) is 57.0 Å². The lowest BCUT2D eigenvalue weighted by Gasteiger charge is -2.27. The molecule has 3 rings (SSSR count). The Bertz CT molecular complexity index is 609. The van der Waals surface area contributed by atoms with Crippen LogP contribution in [0.5, 0.6) is 0 Å². The summed E-state index contributed by atoms with van der Waals surface area (Å²) >= 11 is 6.02. The van der Waals surface area contributed by atoms with Crippen LogP contribution in [0.4, 0.5) is 5.82 Å². The van der Waals surface area contributed by atoms with Crippen LogP contribution in [0.15, 0.2) is 6.33 Å². The Morgan fingerprint density at radius 3 is 2.85 bits per heavy atom. The van der Waals surface area contributed by atoms with Gasteiger partial charge in [0.15, 0.2) is 17.0 Å². The minimum atomic E-state index is -0.479. The van der Waals surface area contributed by atoms with E-state index in [0.717, 1.165) is 18.9 Å². The van der Waals surface area contributed by atoms with Crippen LogP contribution in [0.1, 0.15) is 6.92 Å². The summed E-state index contributed by atoms with van der Waals surface area (Å²) in [5.74, 6) is 0.729. The second kappa shape index (κ2) is 5.51. The molecule has 108 valence electrons. The molecular weight excluding hydrogens is 282 g/mol. The van der Waals surface area contributed by atoms with Crippen molar-refractivity contribution < 1.29 is 9.84 Å². The molecule has 2 aromatic heterocycles. The van der Waals surface area contributed by atoms with Crippen molar-refractivity contribution in [1.82, 2.24) is 19.5 Å². The van der Waals surface area contributed by atoms with Crippen molar-refractivity contribution in [2.24, 2.45) is 0 Å². The van der Waals surface area contributed by atoms with Gasteiger partial charge in [0.25, 0.3) is 0 Å². The maximum Gasteiger partial charge on any atom is 0.226 e. The summed E-state index contributed by atoms with van der Waals surface area (Å²) < 4.78 is 7.13. The summed E-state index contributed by atoms with van der Waals surface area (Å²) in [5, 5.41) is 9.71. The molecule has 7 nitrogen and oxygen atoms in total. The lowest BCUT2D eigenvalue weighted by atomic mass is 10.3. The average Bonchev–Trinajstić information content (AvgIpc) is 2.81. The first kappa shape index (κ1) is 13.5. The van der Waals surface area contributed by atoms with E-state index in [1.165, 1.54) is 0 Å². The van der Waals surface area contributed by atoms with Crippen LogP contribution in [0.2, 0.25) is 5.28 Å². The normalized spacial score (nSPS) is 17.6. The Morgan fingerprint density at radius 1 is 1.40 bits per heavy atom. The summed E-state index contributed by atoms with van der Waals surface area (Å²) in [6.45, 7) is 4.98. The topological polar surface area (TPSA) is 76.3 Å². The van der Waals surface area contributed by atoms with Crippen LogP contribution >= 0.6 is 11.6 Å². The van der Waals surface area contributed by atoms with Crippen LogP contribution in [0.25, 0.3) is 11.2 Å². The highest BCUT2D eigenvalue weighted by molar-refractivity contribution is 6.28. The van der Waals surface area contributed by atoms with Gasteiger partial charge in [-0.1, -0.05) is 0 Å². The Labute approximate surface area is 121 Å². The molecule has 0 aromatic carbocycles. The summed E-state index contributed by atoms with van der Waals surface area (Å²) in [6.07, 6.45) is 1.18. The molecule has 1 saturated heterocycles. The van der Waals surface area contributed by atoms with Crippen LogP contribution in [0, 0.1) is 0 Å². The fourth-order valence-corrected chi connectivity index (χ4v) is 2.48. The quantitative estimate of drug-likeness (QED) is 0.840. The molecule has 1 fully saturated rings. The zero-order valence-electron chi connectivity index (χ0n) is 11.2. The van der Waals surface area contributed by atoms with Crippen LogP contribution < -0.4 is 4.90 Å². The molecule has 0 bridgehead atoms. The number of ether oxygens (including phenoxy) is 1. The van der Waals surface area contributed by atoms with E-state index < -0.39 is 6.10 Å². The van der Waals surface area contributed by atoms with Gasteiger partial charge in [-0.3, -0.25) is 0 Å². The average molecular weight is 298 g/mol. The monoisotopic (exact) mass is 297 g/mol. The molecule has 3 heterocycles. The molecule has 0 radical (unpaired) electrons. The third-order valence-electron chi connectivity index (χ3n) is 3.19. The molecule has 1 aliphatic heterocycles. The number of aliphatic hydroxyl groups is 1. The maximum atomic E-state index is 9.52. The Hall–Kier alpha value is -1.44. The van der Waals surface area contributed by atoms with Crippen molar-refractivity contribution in [3.8, 4) is 0 Å². The predicted octanol–water partition coefficient (Wildman–Crippen LogP) is 0.697. The molecular formula is C12H16ClN5O2. The molecule has 1 atom stereocenters. The fraction of sp³-hybridized carbons (Fsp3) is 0.583. The number of aromatic nitrogens is 4. The van der Waals surface area contributed by atoms with Gasteiger partial charge in [0, 0.05) is 13.1 Å². The Morgan fingerprint density at radius 2 is 2.15 bits per heavy atom. The maximum absolute atomic E-state index is 9.52. The number of fused-ring (bicyclic) bond motifs is 1. The zero-order valence-corrected chi connectivity index (χ0v) is 11.9. The second-order valence-corrected chi connectivity index (χ2v) is 5.17. The molecule has 8 heteroatoms. The van der Waals surface area contributed by atoms with Gasteiger partial charge in [-0.15, -0.1) is 0 Å². The molecule has 2 aromatic rings. The molecule has 0 amide bonds. The standard InChI is InChI=1S/C12H16ClN5O2/c1-8(19)6-18-7-14-9-10(15-12(13)16-11(9)18)17-2-4-20-5-3-17/h7-8,19H,2-6H2,1H3/t8-/m1/s1. The predicted molar refractivity (Wildman–Crippen MR) is 75.0 cm³/mol. The van der Waals surface area contributed by atoms with Gasteiger partial charge in [0.05, 0.1) is 32.2 Å². The largest absolute Gasteiger partial charge is 0.392 e. The van der Waals surface area contributed by atoms with Crippen molar-refractivity contribution in [3.63, 3.8) is 0 Å². The van der Waals surface area contributed by atoms with Crippen LogP contribution in [-0.2, 0) is 11.3 Å². The molecule has 0 spiro atoms. The van der Waals surface area contributed by atoms with Gasteiger partial charge in [0.1, 0.15) is 0 Å². The first-order chi connectivity index (χ1) is 9.65. The van der Waals surface area contributed by atoms with E-state index >= 15 is 0 Å². The van der Waals surface area contributed by atoms with Gasteiger partial charge in [-0.2, -0.15) is 9.97 Å². The SMILES string of the molecule is C[C@@H](O)Cn1cnc2c(N3CCOCC3)nc(Cl)nc21. The van der Waals surface area contributed by atoms with E-state index in [-0.39, 0.29) is 5.28 Å². The summed E-state index contributed by atoms with van der Waals surface area (Å²) in [7, 11) is 0. The minimum Gasteiger partial charge on any atom is -0.392 e. The summed E-state index contributed by atoms with van der Waals surface area (Å²) in [4.78, 5) is 15.0.